The van der Waals surface area contributed by atoms with E-state index in [4.69, 9.17) is 14.2 Å². The molecule has 184 valence electrons. The second kappa shape index (κ2) is 9.73. The number of rotatable bonds is 7. The molecule has 2 aromatic rings. The van der Waals surface area contributed by atoms with Gasteiger partial charge in [-0.25, -0.2) is 4.79 Å². The molecule has 0 spiro atoms. The highest BCUT2D eigenvalue weighted by Gasteiger charge is 2.38. The minimum Gasteiger partial charge on any atom is -0.497 e. The van der Waals surface area contributed by atoms with Crippen LogP contribution in [-0.4, -0.2) is 73.8 Å². The summed E-state index contributed by atoms with van der Waals surface area (Å²) in [5.41, 5.74) is 1.86. The van der Waals surface area contributed by atoms with E-state index in [-0.39, 0.29) is 38.0 Å². The fraction of sp³-hybridized carbons (Fsp3) is 0.400. The number of carbonyl (C=O) groups is 3. The third-order valence-electron chi connectivity index (χ3n) is 6.60. The first-order valence-corrected chi connectivity index (χ1v) is 11.7. The van der Waals surface area contributed by atoms with Gasteiger partial charge in [0, 0.05) is 38.3 Å². The van der Waals surface area contributed by atoms with Crippen molar-refractivity contribution in [2.24, 2.45) is 0 Å². The molecule has 0 aromatic heterocycles. The summed E-state index contributed by atoms with van der Waals surface area (Å²) in [6.07, 6.45) is 0.483. The molecule has 35 heavy (non-hydrogen) atoms. The summed E-state index contributed by atoms with van der Waals surface area (Å²) in [5, 5.41) is 2.71. The van der Waals surface area contributed by atoms with E-state index in [9.17, 15) is 14.4 Å². The quantitative estimate of drug-likeness (QED) is 0.605. The zero-order valence-electron chi connectivity index (χ0n) is 19.6. The maximum atomic E-state index is 12.8. The number of benzene rings is 2. The number of fused-ring (bicyclic) bond motifs is 1. The van der Waals surface area contributed by atoms with E-state index in [1.54, 1.807) is 25.3 Å². The molecule has 10 nitrogen and oxygen atoms in total. The van der Waals surface area contributed by atoms with E-state index in [1.807, 2.05) is 29.2 Å². The predicted molar refractivity (Wildman–Crippen MR) is 126 cm³/mol. The smallest absolute Gasteiger partial charge is 0.325 e. The number of hydrogen-bond donors (Lipinski definition) is 1. The molecule has 10 heteroatoms. The summed E-state index contributed by atoms with van der Waals surface area (Å²) in [7, 11) is 1.64. The van der Waals surface area contributed by atoms with Crippen LogP contribution in [0.25, 0.3) is 0 Å². The van der Waals surface area contributed by atoms with Crippen LogP contribution < -0.4 is 24.4 Å². The lowest BCUT2D eigenvalue weighted by Gasteiger charge is -2.36. The summed E-state index contributed by atoms with van der Waals surface area (Å²) in [6, 6.07) is 12.1. The maximum Gasteiger partial charge on any atom is 0.325 e. The molecule has 2 saturated heterocycles. The maximum absolute atomic E-state index is 12.8. The molecule has 1 unspecified atom stereocenters. The summed E-state index contributed by atoms with van der Waals surface area (Å²) < 4.78 is 15.9. The fourth-order valence-corrected chi connectivity index (χ4v) is 4.58. The van der Waals surface area contributed by atoms with Crippen LogP contribution in [0.3, 0.4) is 0 Å². The van der Waals surface area contributed by atoms with Gasteiger partial charge in [0.1, 0.15) is 11.8 Å². The van der Waals surface area contributed by atoms with Gasteiger partial charge < -0.3 is 29.3 Å². The van der Waals surface area contributed by atoms with Gasteiger partial charge in [-0.2, -0.15) is 0 Å². The van der Waals surface area contributed by atoms with Crippen molar-refractivity contribution in [3.63, 3.8) is 0 Å². The molecule has 0 bridgehead atoms. The minimum atomic E-state index is -0.693. The van der Waals surface area contributed by atoms with Crippen LogP contribution in [0.15, 0.2) is 42.5 Å². The average Bonchev–Trinajstić information content (AvgIpc) is 3.47. The topological polar surface area (TPSA) is 101 Å². The zero-order valence-corrected chi connectivity index (χ0v) is 19.6. The number of amides is 4. The van der Waals surface area contributed by atoms with E-state index in [0.29, 0.717) is 24.6 Å². The molecule has 1 N–H and O–H groups in total. The molecule has 1 atom stereocenters. The molecule has 0 saturated carbocycles. The Balaban J connectivity index is 1.10. The monoisotopic (exact) mass is 480 g/mol. The Morgan fingerprint density at radius 1 is 1.03 bits per heavy atom. The van der Waals surface area contributed by atoms with Crippen LogP contribution in [0.2, 0.25) is 0 Å². The number of methoxy groups -OCH3 is 1. The van der Waals surface area contributed by atoms with Gasteiger partial charge in [0.15, 0.2) is 11.5 Å². The number of imide groups is 1. The summed E-state index contributed by atoms with van der Waals surface area (Å²) in [6.45, 7) is 3.01. The van der Waals surface area contributed by atoms with Crippen LogP contribution >= 0.6 is 0 Å². The summed E-state index contributed by atoms with van der Waals surface area (Å²) in [4.78, 5) is 43.3. The van der Waals surface area contributed by atoms with Crippen molar-refractivity contribution in [3.05, 3.63) is 48.0 Å². The van der Waals surface area contributed by atoms with Gasteiger partial charge in [-0.15, -0.1) is 0 Å². The number of piperazine rings is 1. The van der Waals surface area contributed by atoms with Crippen molar-refractivity contribution < 1.29 is 28.6 Å². The number of carbonyl (C=O) groups excluding carboxylic acids is 3. The van der Waals surface area contributed by atoms with E-state index in [1.165, 1.54) is 4.90 Å². The Bertz CT molecular complexity index is 1110. The number of hydrogen-bond acceptors (Lipinski definition) is 7. The second-order valence-corrected chi connectivity index (χ2v) is 8.72. The number of anilines is 1. The molecular weight excluding hydrogens is 452 g/mol. The molecule has 3 heterocycles. The largest absolute Gasteiger partial charge is 0.497 e. The van der Waals surface area contributed by atoms with Crippen molar-refractivity contribution >= 4 is 23.5 Å². The Morgan fingerprint density at radius 2 is 1.77 bits per heavy atom. The van der Waals surface area contributed by atoms with Crippen LogP contribution in [0.4, 0.5) is 10.5 Å². The van der Waals surface area contributed by atoms with Crippen molar-refractivity contribution in [2.75, 3.05) is 45.0 Å². The number of nitrogens with one attached hydrogen (secondary N) is 1. The highest BCUT2D eigenvalue weighted by atomic mass is 16.7. The number of nitrogens with zero attached hydrogens (tertiary/aromatic N) is 3. The van der Waals surface area contributed by atoms with Gasteiger partial charge in [0.05, 0.1) is 13.7 Å². The summed E-state index contributed by atoms with van der Waals surface area (Å²) in [5.74, 6) is 1.74. The molecule has 4 amide bonds. The zero-order chi connectivity index (χ0) is 24.4. The molecule has 3 aliphatic heterocycles. The molecule has 5 rings (SSSR count). The highest BCUT2D eigenvalue weighted by molar-refractivity contribution is 6.04. The van der Waals surface area contributed by atoms with E-state index in [0.717, 1.165) is 30.1 Å². The minimum absolute atomic E-state index is 0.00403. The van der Waals surface area contributed by atoms with Gasteiger partial charge in [0.2, 0.25) is 12.7 Å². The Morgan fingerprint density at radius 3 is 2.51 bits per heavy atom. The van der Waals surface area contributed by atoms with Crippen molar-refractivity contribution in [1.29, 1.82) is 0 Å². The van der Waals surface area contributed by atoms with Gasteiger partial charge >= 0.3 is 6.03 Å². The molecule has 0 aliphatic carbocycles. The van der Waals surface area contributed by atoms with Crippen molar-refractivity contribution in [3.8, 4) is 17.2 Å². The normalized spacial score (nSPS) is 19.2. The lowest BCUT2D eigenvalue weighted by atomic mass is 10.1. The van der Waals surface area contributed by atoms with E-state index in [2.05, 4.69) is 10.2 Å². The lowest BCUT2D eigenvalue weighted by molar-refractivity contribution is -0.132. The molecule has 3 aliphatic rings. The van der Waals surface area contributed by atoms with Crippen LogP contribution in [0, 0.1) is 0 Å². The Hall–Kier alpha value is -3.95. The second-order valence-electron chi connectivity index (χ2n) is 8.72. The SMILES string of the molecule is COc1ccc(N2CCN(C(=O)CCC3NC(=O)N(Cc4ccc5c(c4)OCO5)C3=O)CC2)cc1. The van der Waals surface area contributed by atoms with E-state index >= 15 is 0 Å². The molecular formula is C25H28N4O6. The van der Waals surface area contributed by atoms with Gasteiger partial charge in [-0.3, -0.25) is 14.5 Å². The first-order valence-electron chi connectivity index (χ1n) is 11.7. The van der Waals surface area contributed by atoms with Crippen LogP contribution in [0.1, 0.15) is 18.4 Å². The third-order valence-corrected chi connectivity index (χ3v) is 6.60. The van der Waals surface area contributed by atoms with Crippen LogP contribution in [0.5, 0.6) is 17.2 Å². The first kappa shape index (κ1) is 22.8. The third kappa shape index (κ3) is 4.82. The Labute approximate surface area is 203 Å². The van der Waals surface area contributed by atoms with Gasteiger partial charge in [-0.05, 0) is 48.4 Å². The summed E-state index contributed by atoms with van der Waals surface area (Å²) >= 11 is 0. The fourth-order valence-electron chi connectivity index (χ4n) is 4.58. The van der Waals surface area contributed by atoms with Crippen molar-refractivity contribution in [2.45, 2.75) is 25.4 Å². The number of ether oxygens (including phenoxy) is 3. The number of urea groups is 1. The first-order chi connectivity index (χ1) is 17.0. The van der Waals surface area contributed by atoms with Crippen LogP contribution in [-0.2, 0) is 16.1 Å². The molecule has 2 aromatic carbocycles. The lowest BCUT2D eigenvalue weighted by Crippen LogP contribution is -2.49. The highest BCUT2D eigenvalue weighted by Crippen LogP contribution is 2.33. The van der Waals surface area contributed by atoms with Gasteiger partial charge in [-0.1, -0.05) is 6.07 Å². The van der Waals surface area contributed by atoms with E-state index < -0.39 is 12.1 Å². The standard InChI is InChI=1S/C25H28N4O6/c1-33-19-5-3-18(4-6-19)27-10-12-28(13-11-27)23(30)9-7-20-24(31)29(25(32)26-20)15-17-2-8-21-22(14-17)35-16-34-21/h2-6,8,14,20H,7,9-13,15-16H2,1H3,(H,26,32). The Kier molecular flexibility index (Phi) is 6.35. The molecule has 0 radical (unpaired) electrons. The average molecular weight is 481 g/mol. The molecule has 2 fully saturated rings. The van der Waals surface area contributed by atoms with Gasteiger partial charge in [0.25, 0.3) is 5.91 Å². The predicted octanol–water partition coefficient (Wildman–Crippen LogP) is 1.97. The van der Waals surface area contributed by atoms with Crippen molar-refractivity contribution in [1.82, 2.24) is 15.1 Å².